The van der Waals surface area contributed by atoms with Crippen LogP contribution in [-0.4, -0.2) is 29.6 Å². The van der Waals surface area contributed by atoms with Crippen molar-refractivity contribution >= 4 is 0 Å². The Morgan fingerprint density at radius 1 is 1.00 bits per heavy atom. The van der Waals surface area contributed by atoms with Gasteiger partial charge in [0.2, 0.25) is 0 Å². The lowest BCUT2D eigenvalue weighted by molar-refractivity contribution is 0.109. The molecule has 0 spiro atoms. The van der Waals surface area contributed by atoms with E-state index in [4.69, 9.17) is 5.73 Å². The molecule has 0 fully saturated rings. The first-order chi connectivity index (χ1) is 7.42. The molecule has 0 aromatic rings. The van der Waals surface area contributed by atoms with Crippen molar-refractivity contribution in [1.82, 2.24) is 4.90 Å². The molecule has 0 radical (unpaired) electrons. The number of nitrogens with two attached hydrogens (primary N) is 1. The molecular weight excluding hydrogens is 196 g/mol. The predicted molar refractivity (Wildman–Crippen MR) is 73.6 cm³/mol. The average Bonchev–Trinajstić information content (AvgIpc) is 2.16. The van der Waals surface area contributed by atoms with Crippen molar-refractivity contribution in [2.24, 2.45) is 11.7 Å². The Morgan fingerprint density at radius 3 is 1.81 bits per heavy atom. The summed E-state index contributed by atoms with van der Waals surface area (Å²) in [5, 5.41) is 0. The van der Waals surface area contributed by atoms with Crippen LogP contribution in [0, 0.1) is 5.92 Å². The van der Waals surface area contributed by atoms with Gasteiger partial charge in [-0.3, -0.25) is 4.90 Å². The summed E-state index contributed by atoms with van der Waals surface area (Å²) < 4.78 is 0. The first kappa shape index (κ1) is 15.9. The fourth-order valence-electron chi connectivity index (χ4n) is 2.54. The van der Waals surface area contributed by atoms with Gasteiger partial charge in [-0.05, 0) is 39.0 Å². The molecule has 0 aromatic carbocycles. The topological polar surface area (TPSA) is 29.3 Å². The Kier molecular flexibility index (Phi) is 8.04. The van der Waals surface area contributed by atoms with E-state index in [0.29, 0.717) is 12.1 Å². The van der Waals surface area contributed by atoms with Crippen molar-refractivity contribution in [1.29, 1.82) is 0 Å². The minimum atomic E-state index is 0.305. The predicted octanol–water partition coefficient (Wildman–Crippen LogP) is 3.26. The van der Waals surface area contributed by atoms with E-state index in [2.05, 4.69) is 46.4 Å². The Labute approximate surface area is 103 Å². The van der Waals surface area contributed by atoms with E-state index >= 15 is 0 Å². The number of hydrogen-bond donors (Lipinski definition) is 1. The van der Waals surface area contributed by atoms with Crippen LogP contribution in [0.2, 0.25) is 0 Å². The second-order valence-electron chi connectivity index (χ2n) is 5.62. The quantitative estimate of drug-likeness (QED) is 0.691. The molecule has 0 rings (SSSR count). The molecule has 2 heteroatoms. The maximum absolute atomic E-state index is 5.92. The Balaban J connectivity index is 4.50. The molecule has 2 atom stereocenters. The smallest absolute Gasteiger partial charge is 0.00929 e. The van der Waals surface area contributed by atoms with Crippen molar-refractivity contribution in [3.05, 3.63) is 0 Å². The Bertz CT molecular complexity index is 162. The molecular formula is C14H32N2. The maximum Gasteiger partial charge on any atom is 0.00929 e. The minimum absolute atomic E-state index is 0.305. The summed E-state index contributed by atoms with van der Waals surface area (Å²) in [7, 11) is 0. The van der Waals surface area contributed by atoms with E-state index in [1.54, 1.807) is 0 Å². The Morgan fingerprint density at radius 2 is 1.50 bits per heavy atom. The summed E-state index contributed by atoms with van der Waals surface area (Å²) in [4.78, 5) is 2.66. The fraction of sp³-hybridized carbons (Fsp3) is 1.00. The number of rotatable bonds is 8. The second kappa shape index (κ2) is 8.08. The minimum Gasteiger partial charge on any atom is -0.328 e. The molecule has 98 valence electrons. The van der Waals surface area contributed by atoms with Gasteiger partial charge in [-0.15, -0.1) is 0 Å². The number of nitrogens with zero attached hydrogens (tertiary/aromatic N) is 1. The maximum atomic E-state index is 5.92. The second-order valence-corrected chi connectivity index (χ2v) is 5.62. The molecule has 0 saturated carbocycles. The molecule has 0 amide bonds. The van der Waals surface area contributed by atoms with Crippen molar-refractivity contribution < 1.29 is 0 Å². The van der Waals surface area contributed by atoms with Gasteiger partial charge in [0, 0.05) is 24.7 Å². The van der Waals surface area contributed by atoms with E-state index in [9.17, 15) is 0 Å². The summed E-state index contributed by atoms with van der Waals surface area (Å²) in [5.74, 6) is 0.733. The highest BCUT2D eigenvalue weighted by Crippen LogP contribution is 2.17. The van der Waals surface area contributed by atoms with Crippen LogP contribution in [0.4, 0.5) is 0 Å². The molecule has 0 saturated heterocycles. The summed E-state index contributed by atoms with van der Waals surface area (Å²) in [5.41, 5.74) is 5.92. The van der Waals surface area contributed by atoms with E-state index < -0.39 is 0 Å². The zero-order chi connectivity index (χ0) is 12.7. The normalized spacial score (nSPS) is 16.1. The van der Waals surface area contributed by atoms with Crippen LogP contribution in [0.3, 0.4) is 0 Å². The van der Waals surface area contributed by atoms with E-state index in [0.717, 1.165) is 18.4 Å². The van der Waals surface area contributed by atoms with Gasteiger partial charge in [0.05, 0.1) is 0 Å². The molecule has 0 aliphatic carbocycles. The summed E-state index contributed by atoms with van der Waals surface area (Å²) >= 11 is 0. The molecule has 2 N–H and O–H groups in total. The van der Waals surface area contributed by atoms with Crippen LogP contribution in [0.5, 0.6) is 0 Å². The van der Waals surface area contributed by atoms with Crippen molar-refractivity contribution in [2.75, 3.05) is 6.54 Å². The average molecular weight is 228 g/mol. The molecule has 0 heterocycles. The molecule has 0 bridgehead atoms. The van der Waals surface area contributed by atoms with Crippen LogP contribution in [0.15, 0.2) is 0 Å². The van der Waals surface area contributed by atoms with Gasteiger partial charge in [-0.2, -0.15) is 0 Å². The van der Waals surface area contributed by atoms with Crippen LogP contribution >= 0.6 is 0 Å². The molecule has 0 aliphatic heterocycles. The third-order valence-electron chi connectivity index (χ3n) is 3.27. The van der Waals surface area contributed by atoms with Crippen LogP contribution < -0.4 is 5.73 Å². The first-order valence-corrected chi connectivity index (χ1v) is 6.93. The third kappa shape index (κ3) is 5.86. The van der Waals surface area contributed by atoms with Gasteiger partial charge in [-0.25, -0.2) is 0 Å². The fourth-order valence-corrected chi connectivity index (χ4v) is 2.54. The van der Waals surface area contributed by atoms with Gasteiger partial charge in [0.15, 0.2) is 0 Å². The lowest BCUT2D eigenvalue weighted by Crippen LogP contribution is -2.45. The van der Waals surface area contributed by atoms with Crippen LogP contribution in [0.1, 0.15) is 60.8 Å². The molecule has 16 heavy (non-hydrogen) atoms. The van der Waals surface area contributed by atoms with E-state index in [1.807, 2.05) is 0 Å². The highest BCUT2D eigenvalue weighted by atomic mass is 15.2. The van der Waals surface area contributed by atoms with Gasteiger partial charge in [-0.1, -0.05) is 27.7 Å². The first-order valence-electron chi connectivity index (χ1n) is 6.93. The van der Waals surface area contributed by atoms with Crippen molar-refractivity contribution in [3.8, 4) is 0 Å². The summed E-state index contributed by atoms with van der Waals surface area (Å²) in [6.45, 7) is 14.8. The summed E-state index contributed by atoms with van der Waals surface area (Å²) in [6, 6.07) is 1.63. The monoisotopic (exact) mass is 228 g/mol. The highest BCUT2D eigenvalue weighted by Gasteiger charge is 2.22. The lowest BCUT2D eigenvalue weighted by atomic mass is 10.0. The van der Waals surface area contributed by atoms with Crippen LogP contribution in [-0.2, 0) is 0 Å². The molecule has 0 aliphatic rings. The van der Waals surface area contributed by atoms with Gasteiger partial charge < -0.3 is 5.73 Å². The zero-order valence-electron chi connectivity index (χ0n) is 12.2. The Hall–Kier alpha value is -0.0800. The zero-order valence-corrected chi connectivity index (χ0v) is 12.2. The van der Waals surface area contributed by atoms with E-state index in [1.165, 1.54) is 19.4 Å². The summed E-state index contributed by atoms with van der Waals surface area (Å²) in [6.07, 6.45) is 3.59. The standard InChI is InChI=1S/C14H32N2/c1-7-14(8-2)16(10-11(3)4)13(6)9-12(5)15/h11-14H,7-10,15H2,1-6H3. The largest absolute Gasteiger partial charge is 0.328 e. The number of hydrogen-bond acceptors (Lipinski definition) is 2. The molecule has 0 aromatic heterocycles. The molecule has 2 nitrogen and oxygen atoms in total. The van der Waals surface area contributed by atoms with Crippen LogP contribution in [0.25, 0.3) is 0 Å². The van der Waals surface area contributed by atoms with E-state index in [-0.39, 0.29) is 0 Å². The highest BCUT2D eigenvalue weighted by molar-refractivity contribution is 4.78. The SMILES string of the molecule is CCC(CC)N(CC(C)C)C(C)CC(C)N. The molecule has 2 unspecified atom stereocenters. The third-order valence-corrected chi connectivity index (χ3v) is 3.27. The van der Waals surface area contributed by atoms with Gasteiger partial charge >= 0.3 is 0 Å². The lowest BCUT2D eigenvalue weighted by Gasteiger charge is -2.37. The van der Waals surface area contributed by atoms with Gasteiger partial charge in [0.25, 0.3) is 0 Å². The van der Waals surface area contributed by atoms with Gasteiger partial charge in [0.1, 0.15) is 0 Å². The van der Waals surface area contributed by atoms with Crippen molar-refractivity contribution in [2.45, 2.75) is 78.9 Å². The van der Waals surface area contributed by atoms with Crippen molar-refractivity contribution in [3.63, 3.8) is 0 Å².